The number of hydrogen-bond acceptors (Lipinski definition) is 3. The highest BCUT2D eigenvalue weighted by Gasteiger charge is 2.07. The zero-order valence-corrected chi connectivity index (χ0v) is 10.1. The van der Waals surface area contributed by atoms with Gasteiger partial charge in [0.05, 0.1) is 17.9 Å². The van der Waals surface area contributed by atoms with Crippen LogP contribution in [0.4, 0.5) is 11.4 Å². The van der Waals surface area contributed by atoms with Crippen LogP contribution in [0.15, 0.2) is 18.2 Å². The Bertz CT molecular complexity index is 377. The standard InChI is InChI=1S/C12H19N3O/c1-4-15(3)8-12(16)14-11-6-5-9(2)7-10(11)13/h5-7H,4,8,13H2,1-3H3,(H,14,16). The number of likely N-dealkylation sites (N-methyl/N-ethyl adjacent to an activating group) is 1. The number of carbonyl (C=O) groups excluding carboxylic acids is 1. The minimum atomic E-state index is -0.0418. The smallest absolute Gasteiger partial charge is 0.238 e. The number of carbonyl (C=O) groups is 1. The van der Waals surface area contributed by atoms with E-state index < -0.39 is 0 Å². The van der Waals surface area contributed by atoms with E-state index in [0.29, 0.717) is 17.9 Å². The first-order valence-electron chi connectivity index (χ1n) is 5.37. The molecule has 16 heavy (non-hydrogen) atoms. The van der Waals surface area contributed by atoms with Crippen LogP contribution in [0.1, 0.15) is 12.5 Å². The lowest BCUT2D eigenvalue weighted by Crippen LogP contribution is -2.30. The molecule has 0 unspecified atom stereocenters. The van der Waals surface area contributed by atoms with Gasteiger partial charge in [0.1, 0.15) is 0 Å². The van der Waals surface area contributed by atoms with Crippen molar-refractivity contribution in [1.82, 2.24) is 4.90 Å². The summed E-state index contributed by atoms with van der Waals surface area (Å²) in [5.74, 6) is -0.0418. The molecule has 0 saturated carbocycles. The Morgan fingerprint density at radius 3 is 2.75 bits per heavy atom. The van der Waals surface area contributed by atoms with Crippen molar-refractivity contribution in [3.63, 3.8) is 0 Å². The van der Waals surface area contributed by atoms with Gasteiger partial charge in [-0.25, -0.2) is 0 Å². The largest absolute Gasteiger partial charge is 0.397 e. The van der Waals surface area contributed by atoms with Crippen molar-refractivity contribution in [2.45, 2.75) is 13.8 Å². The van der Waals surface area contributed by atoms with E-state index in [2.05, 4.69) is 5.32 Å². The van der Waals surface area contributed by atoms with Crippen LogP contribution in [0.5, 0.6) is 0 Å². The summed E-state index contributed by atoms with van der Waals surface area (Å²) < 4.78 is 0. The summed E-state index contributed by atoms with van der Waals surface area (Å²) in [7, 11) is 1.90. The molecule has 1 rings (SSSR count). The highest BCUT2D eigenvalue weighted by Crippen LogP contribution is 2.19. The maximum Gasteiger partial charge on any atom is 0.238 e. The zero-order valence-electron chi connectivity index (χ0n) is 10.1. The Morgan fingerprint density at radius 1 is 1.50 bits per heavy atom. The van der Waals surface area contributed by atoms with Crippen molar-refractivity contribution in [2.75, 3.05) is 31.2 Å². The van der Waals surface area contributed by atoms with Crippen LogP contribution >= 0.6 is 0 Å². The Kier molecular flexibility index (Phi) is 4.31. The van der Waals surface area contributed by atoms with Crippen molar-refractivity contribution in [3.8, 4) is 0 Å². The Morgan fingerprint density at radius 2 is 2.19 bits per heavy atom. The van der Waals surface area contributed by atoms with E-state index in [1.165, 1.54) is 0 Å². The number of nitrogens with zero attached hydrogens (tertiary/aromatic N) is 1. The predicted octanol–water partition coefficient (Wildman–Crippen LogP) is 1.47. The van der Waals surface area contributed by atoms with E-state index in [9.17, 15) is 4.79 Å². The van der Waals surface area contributed by atoms with Crippen molar-refractivity contribution >= 4 is 17.3 Å². The van der Waals surface area contributed by atoms with E-state index in [0.717, 1.165) is 12.1 Å². The summed E-state index contributed by atoms with van der Waals surface area (Å²) in [5.41, 5.74) is 8.17. The molecule has 0 spiro atoms. The monoisotopic (exact) mass is 221 g/mol. The van der Waals surface area contributed by atoms with Gasteiger partial charge in [0.25, 0.3) is 0 Å². The van der Waals surface area contributed by atoms with Gasteiger partial charge in [0, 0.05) is 0 Å². The van der Waals surface area contributed by atoms with Crippen LogP contribution in [0.25, 0.3) is 0 Å². The second-order valence-electron chi connectivity index (χ2n) is 3.97. The first-order chi connectivity index (χ1) is 7.52. The Hall–Kier alpha value is -1.55. The van der Waals surface area contributed by atoms with Gasteiger partial charge >= 0.3 is 0 Å². The molecule has 3 N–H and O–H groups in total. The van der Waals surface area contributed by atoms with Crippen LogP contribution in [0.3, 0.4) is 0 Å². The second kappa shape index (κ2) is 5.51. The summed E-state index contributed by atoms with van der Waals surface area (Å²) in [6, 6.07) is 5.60. The summed E-state index contributed by atoms with van der Waals surface area (Å²) in [5, 5.41) is 2.80. The molecule has 4 nitrogen and oxygen atoms in total. The highest BCUT2D eigenvalue weighted by atomic mass is 16.2. The number of hydrogen-bond donors (Lipinski definition) is 2. The topological polar surface area (TPSA) is 58.4 Å². The van der Waals surface area contributed by atoms with E-state index in [4.69, 9.17) is 5.73 Å². The number of rotatable bonds is 4. The maximum absolute atomic E-state index is 11.6. The highest BCUT2D eigenvalue weighted by molar-refractivity contribution is 5.95. The van der Waals surface area contributed by atoms with Gasteiger partial charge in [-0.2, -0.15) is 0 Å². The van der Waals surface area contributed by atoms with Gasteiger partial charge in [-0.3, -0.25) is 9.69 Å². The first kappa shape index (κ1) is 12.5. The minimum absolute atomic E-state index is 0.0418. The SMILES string of the molecule is CCN(C)CC(=O)Nc1ccc(C)cc1N. The summed E-state index contributed by atoms with van der Waals surface area (Å²) >= 11 is 0. The number of nitrogens with two attached hydrogens (primary N) is 1. The number of benzene rings is 1. The molecule has 0 aliphatic heterocycles. The van der Waals surface area contributed by atoms with E-state index in [1.807, 2.05) is 44.0 Å². The molecule has 1 aromatic carbocycles. The number of nitrogens with one attached hydrogen (secondary N) is 1. The van der Waals surface area contributed by atoms with Crippen molar-refractivity contribution < 1.29 is 4.79 Å². The van der Waals surface area contributed by atoms with Gasteiger partial charge in [0.2, 0.25) is 5.91 Å². The van der Waals surface area contributed by atoms with Gasteiger partial charge in [-0.05, 0) is 38.2 Å². The molecule has 88 valence electrons. The minimum Gasteiger partial charge on any atom is -0.397 e. The van der Waals surface area contributed by atoms with Crippen LogP contribution in [0.2, 0.25) is 0 Å². The van der Waals surface area contributed by atoms with Crippen LogP contribution < -0.4 is 11.1 Å². The molecule has 0 aliphatic carbocycles. The molecule has 1 aromatic rings. The maximum atomic E-state index is 11.6. The average Bonchev–Trinajstić information content (AvgIpc) is 2.22. The quantitative estimate of drug-likeness (QED) is 0.757. The fraction of sp³-hybridized carbons (Fsp3) is 0.417. The van der Waals surface area contributed by atoms with Crippen LogP contribution in [-0.2, 0) is 4.79 Å². The normalized spacial score (nSPS) is 10.5. The number of aryl methyl sites for hydroxylation is 1. The molecule has 1 amide bonds. The van der Waals surface area contributed by atoms with E-state index in [-0.39, 0.29) is 5.91 Å². The van der Waals surface area contributed by atoms with Crippen molar-refractivity contribution in [3.05, 3.63) is 23.8 Å². The van der Waals surface area contributed by atoms with Crippen LogP contribution in [0, 0.1) is 6.92 Å². The molecular weight excluding hydrogens is 202 g/mol. The third-order valence-corrected chi connectivity index (χ3v) is 2.43. The lowest BCUT2D eigenvalue weighted by atomic mass is 10.2. The fourth-order valence-corrected chi connectivity index (χ4v) is 1.34. The molecule has 0 radical (unpaired) electrons. The first-order valence-corrected chi connectivity index (χ1v) is 5.37. The average molecular weight is 221 g/mol. The number of amides is 1. The Balaban J connectivity index is 2.63. The molecule has 0 fully saturated rings. The molecule has 4 heteroatoms. The Labute approximate surface area is 96.4 Å². The van der Waals surface area contributed by atoms with Gasteiger partial charge in [-0.1, -0.05) is 13.0 Å². The third-order valence-electron chi connectivity index (χ3n) is 2.43. The molecule has 0 bridgehead atoms. The summed E-state index contributed by atoms with van der Waals surface area (Å²) in [4.78, 5) is 13.5. The van der Waals surface area contributed by atoms with Gasteiger partial charge in [0.15, 0.2) is 0 Å². The van der Waals surface area contributed by atoms with E-state index in [1.54, 1.807) is 0 Å². The van der Waals surface area contributed by atoms with Gasteiger partial charge < -0.3 is 11.1 Å². The molecule has 0 aliphatic rings. The van der Waals surface area contributed by atoms with Crippen molar-refractivity contribution in [1.29, 1.82) is 0 Å². The summed E-state index contributed by atoms with van der Waals surface area (Å²) in [6.07, 6.45) is 0. The molecule has 0 aromatic heterocycles. The second-order valence-corrected chi connectivity index (χ2v) is 3.97. The summed E-state index contributed by atoms with van der Waals surface area (Å²) in [6.45, 7) is 5.20. The lowest BCUT2D eigenvalue weighted by Gasteiger charge is -2.14. The fourth-order valence-electron chi connectivity index (χ4n) is 1.34. The number of nitrogen functional groups attached to an aromatic ring is 1. The van der Waals surface area contributed by atoms with Gasteiger partial charge in [-0.15, -0.1) is 0 Å². The van der Waals surface area contributed by atoms with Crippen LogP contribution in [-0.4, -0.2) is 30.9 Å². The number of anilines is 2. The third kappa shape index (κ3) is 3.55. The molecule has 0 heterocycles. The van der Waals surface area contributed by atoms with E-state index >= 15 is 0 Å². The predicted molar refractivity (Wildman–Crippen MR) is 67.4 cm³/mol. The van der Waals surface area contributed by atoms with Crippen molar-refractivity contribution in [2.24, 2.45) is 0 Å². The zero-order chi connectivity index (χ0) is 12.1. The molecular formula is C12H19N3O. The molecule has 0 atom stereocenters. The lowest BCUT2D eigenvalue weighted by molar-refractivity contribution is -0.117. The molecule has 0 saturated heterocycles.